The summed E-state index contributed by atoms with van der Waals surface area (Å²) < 4.78 is 5.84. The minimum Gasteiger partial charge on any atom is -0.374 e. The Morgan fingerprint density at radius 1 is 1.40 bits per heavy atom. The molecule has 1 aliphatic rings. The minimum absolute atomic E-state index is 0.449. The summed E-state index contributed by atoms with van der Waals surface area (Å²) in [6.45, 7) is 2.64. The highest BCUT2D eigenvalue weighted by atomic mass is 16.5. The summed E-state index contributed by atoms with van der Waals surface area (Å²) in [6, 6.07) is 0. The van der Waals surface area contributed by atoms with Gasteiger partial charge >= 0.3 is 0 Å². The van der Waals surface area contributed by atoms with E-state index in [9.17, 15) is 0 Å². The average Bonchev–Trinajstić information content (AvgIpc) is 2.28. The number of rotatable bonds is 4. The third kappa shape index (κ3) is 4.85. The van der Waals surface area contributed by atoms with Crippen molar-refractivity contribution in [2.24, 2.45) is 0 Å². The van der Waals surface area contributed by atoms with Crippen molar-refractivity contribution in [3.05, 3.63) is 23.8 Å². The zero-order valence-corrected chi connectivity index (χ0v) is 9.54. The van der Waals surface area contributed by atoms with Crippen molar-refractivity contribution in [1.29, 1.82) is 0 Å². The molecule has 1 nitrogen and oxygen atoms in total. The van der Waals surface area contributed by atoms with E-state index in [1.807, 2.05) is 19.1 Å². The predicted octanol–water partition coefficient (Wildman–Crippen LogP) is 3.47. The monoisotopic (exact) mass is 204 g/mol. The molecule has 0 aromatic heterocycles. The molecule has 1 fully saturated rings. The van der Waals surface area contributed by atoms with E-state index in [4.69, 9.17) is 11.2 Å². The Kier molecular flexibility index (Phi) is 5.88. The molecular weight excluding hydrogens is 184 g/mol. The molecular formula is C14H20O. The molecule has 0 unspecified atom stereocenters. The highest BCUT2D eigenvalue weighted by Crippen LogP contribution is 2.20. The molecule has 1 saturated carbocycles. The lowest BCUT2D eigenvalue weighted by Gasteiger charge is -2.22. The van der Waals surface area contributed by atoms with Crippen LogP contribution in [0.4, 0.5) is 0 Å². The smallest absolute Gasteiger partial charge is 0.0726 e. The van der Waals surface area contributed by atoms with Gasteiger partial charge in [0.05, 0.1) is 12.7 Å². The summed E-state index contributed by atoms with van der Waals surface area (Å²) in [5.41, 5.74) is 1.09. The lowest BCUT2D eigenvalue weighted by atomic mass is 9.98. The van der Waals surface area contributed by atoms with Crippen LogP contribution in [0.2, 0.25) is 0 Å². The summed E-state index contributed by atoms with van der Waals surface area (Å²) in [5, 5.41) is 0. The number of hydrogen-bond acceptors (Lipinski definition) is 1. The molecule has 15 heavy (non-hydrogen) atoms. The van der Waals surface area contributed by atoms with Crippen LogP contribution in [0.3, 0.4) is 0 Å². The molecule has 0 spiro atoms. The van der Waals surface area contributed by atoms with Crippen LogP contribution in [0, 0.1) is 12.3 Å². The highest BCUT2D eigenvalue weighted by Gasteiger charge is 2.13. The Bertz CT molecular complexity index is 262. The first-order valence-corrected chi connectivity index (χ1v) is 5.76. The number of terminal acetylenes is 1. The van der Waals surface area contributed by atoms with Gasteiger partial charge in [0.15, 0.2) is 0 Å². The average molecular weight is 204 g/mol. The topological polar surface area (TPSA) is 9.23 Å². The fraction of sp³-hybridized carbons (Fsp3) is 0.571. The first kappa shape index (κ1) is 12.1. The fourth-order valence-corrected chi connectivity index (χ4v) is 1.90. The van der Waals surface area contributed by atoms with Crippen LogP contribution in [0.25, 0.3) is 0 Å². The van der Waals surface area contributed by atoms with E-state index >= 15 is 0 Å². The Labute approximate surface area is 93.2 Å². The van der Waals surface area contributed by atoms with E-state index in [0.29, 0.717) is 12.7 Å². The van der Waals surface area contributed by atoms with Gasteiger partial charge in [0.2, 0.25) is 0 Å². The first-order valence-electron chi connectivity index (χ1n) is 5.76. The number of allylic oxidation sites excluding steroid dienone is 2. The van der Waals surface area contributed by atoms with E-state index in [1.165, 1.54) is 32.1 Å². The Balaban J connectivity index is 2.33. The molecule has 0 aromatic carbocycles. The van der Waals surface area contributed by atoms with Gasteiger partial charge in [0.25, 0.3) is 0 Å². The summed E-state index contributed by atoms with van der Waals surface area (Å²) in [5.74, 6) is 2.55. The van der Waals surface area contributed by atoms with E-state index in [2.05, 4.69) is 5.92 Å². The maximum absolute atomic E-state index is 5.84. The van der Waals surface area contributed by atoms with Crippen molar-refractivity contribution in [2.45, 2.75) is 45.1 Å². The predicted molar refractivity (Wildman–Crippen MR) is 64.6 cm³/mol. The van der Waals surface area contributed by atoms with Crippen LogP contribution in [-0.4, -0.2) is 12.7 Å². The molecule has 0 radical (unpaired) electrons. The van der Waals surface area contributed by atoms with Crippen LogP contribution in [-0.2, 0) is 4.74 Å². The van der Waals surface area contributed by atoms with Crippen molar-refractivity contribution in [3.63, 3.8) is 0 Å². The molecule has 0 aromatic rings. The van der Waals surface area contributed by atoms with Gasteiger partial charge < -0.3 is 4.74 Å². The van der Waals surface area contributed by atoms with Gasteiger partial charge in [-0.25, -0.2) is 0 Å². The van der Waals surface area contributed by atoms with Crippen molar-refractivity contribution in [2.75, 3.05) is 6.61 Å². The second-order valence-corrected chi connectivity index (χ2v) is 3.96. The normalized spacial score (nSPS) is 19.3. The van der Waals surface area contributed by atoms with Crippen LogP contribution in [0.5, 0.6) is 0 Å². The highest BCUT2D eigenvalue weighted by molar-refractivity contribution is 5.27. The van der Waals surface area contributed by atoms with Gasteiger partial charge in [-0.1, -0.05) is 37.3 Å². The molecule has 0 saturated heterocycles. The lowest BCUT2D eigenvalue weighted by molar-refractivity contribution is 0.0438. The van der Waals surface area contributed by atoms with Crippen LogP contribution in [0.15, 0.2) is 23.8 Å². The van der Waals surface area contributed by atoms with Crippen LogP contribution < -0.4 is 0 Å². The van der Waals surface area contributed by atoms with Gasteiger partial charge in [0, 0.05) is 0 Å². The molecule has 0 atom stereocenters. The fourth-order valence-electron chi connectivity index (χ4n) is 1.90. The van der Waals surface area contributed by atoms with Gasteiger partial charge in [-0.05, 0) is 31.4 Å². The third-order valence-electron chi connectivity index (χ3n) is 2.69. The molecule has 0 bridgehead atoms. The summed E-state index contributed by atoms with van der Waals surface area (Å²) in [7, 11) is 0. The largest absolute Gasteiger partial charge is 0.374 e. The third-order valence-corrected chi connectivity index (χ3v) is 2.69. The molecule has 1 heteroatoms. The van der Waals surface area contributed by atoms with Gasteiger partial charge in [-0.15, -0.1) is 6.42 Å². The molecule has 0 heterocycles. The second-order valence-electron chi connectivity index (χ2n) is 3.96. The lowest BCUT2D eigenvalue weighted by Crippen LogP contribution is -2.17. The molecule has 0 aliphatic heterocycles. The molecule has 0 N–H and O–H groups in total. The van der Waals surface area contributed by atoms with Crippen molar-refractivity contribution < 1.29 is 4.74 Å². The summed E-state index contributed by atoms with van der Waals surface area (Å²) in [6.07, 6.45) is 17.9. The molecule has 82 valence electrons. The first-order chi connectivity index (χ1) is 7.36. The van der Waals surface area contributed by atoms with Crippen molar-refractivity contribution in [1.82, 2.24) is 0 Å². The Morgan fingerprint density at radius 2 is 2.13 bits per heavy atom. The van der Waals surface area contributed by atoms with Gasteiger partial charge in [0.1, 0.15) is 0 Å². The van der Waals surface area contributed by atoms with E-state index in [-0.39, 0.29) is 0 Å². The SMILES string of the molecule is C#C/C=C(\C=C/C)COC1CCCCC1. The van der Waals surface area contributed by atoms with E-state index in [1.54, 1.807) is 6.08 Å². The van der Waals surface area contributed by atoms with Gasteiger partial charge in [-0.2, -0.15) is 0 Å². The quantitative estimate of drug-likeness (QED) is 0.503. The summed E-state index contributed by atoms with van der Waals surface area (Å²) in [4.78, 5) is 0. The zero-order valence-electron chi connectivity index (χ0n) is 9.54. The van der Waals surface area contributed by atoms with E-state index < -0.39 is 0 Å². The van der Waals surface area contributed by atoms with E-state index in [0.717, 1.165) is 5.57 Å². The standard InChI is InChI=1S/C14H20O/c1-3-8-13(9-4-2)12-15-14-10-6-5-7-11-14/h1,4,8-9,14H,5-7,10-12H2,2H3/b9-4-,13-8+. The Hall–Kier alpha value is -1.00. The maximum atomic E-state index is 5.84. The molecule has 0 amide bonds. The van der Waals surface area contributed by atoms with Crippen LogP contribution in [0.1, 0.15) is 39.0 Å². The van der Waals surface area contributed by atoms with Gasteiger partial charge in [-0.3, -0.25) is 0 Å². The second kappa shape index (κ2) is 7.31. The minimum atomic E-state index is 0.449. The maximum Gasteiger partial charge on any atom is 0.0726 e. The molecule has 1 aliphatic carbocycles. The van der Waals surface area contributed by atoms with Crippen LogP contribution >= 0.6 is 0 Å². The van der Waals surface area contributed by atoms with Crippen molar-refractivity contribution >= 4 is 0 Å². The number of hydrogen-bond donors (Lipinski definition) is 0. The zero-order chi connectivity index (χ0) is 10.9. The van der Waals surface area contributed by atoms with Crippen molar-refractivity contribution in [3.8, 4) is 12.3 Å². The Morgan fingerprint density at radius 3 is 2.73 bits per heavy atom. The molecule has 1 rings (SSSR count). The summed E-state index contributed by atoms with van der Waals surface area (Å²) >= 11 is 0. The number of ether oxygens (including phenoxy) is 1.